The number of hydrogen-bond acceptors (Lipinski definition) is 3. The molecule has 0 aromatic rings. The third kappa shape index (κ3) is 3.70. The van der Waals surface area contributed by atoms with Crippen molar-refractivity contribution >= 4 is 18.3 Å². The molecular weight excluding hydrogens is 162 g/mol. The summed E-state index contributed by atoms with van der Waals surface area (Å²) in [7, 11) is 1.18. The number of methoxy groups -OCH3 is 1. The van der Waals surface area contributed by atoms with E-state index in [-0.39, 0.29) is 0 Å². The first-order valence-corrected chi connectivity index (χ1v) is 3.46. The summed E-state index contributed by atoms with van der Waals surface area (Å²) in [6, 6.07) is 0. The van der Waals surface area contributed by atoms with Gasteiger partial charge in [-0.2, -0.15) is 4.99 Å². The van der Waals surface area contributed by atoms with Crippen molar-refractivity contribution in [1.82, 2.24) is 0 Å². The van der Waals surface area contributed by atoms with Crippen LogP contribution in [0.2, 0.25) is 0 Å². The van der Waals surface area contributed by atoms with Crippen molar-refractivity contribution in [1.29, 1.82) is 0 Å². The smallest absolute Gasteiger partial charge is 0.432 e. The van der Waals surface area contributed by atoms with Gasteiger partial charge in [0.2, 0.25) is 0 Å². The molecule has 0 bridgehead atoms. The topological polar surface area (TPSA) is 76.0 Å². The molecule has 0 rings (SSSR count). The highest BCUT2D eigenvalue weighted by Gasteiger charge is 2.11. The van der Waals surface area contributed by atoms with Gasteiger partial charge in [-0.3, -0.25) is 4.79 Å². The van der Waals surface area contributed by atoms with Crippen LogP contribution in [0.1, 0.15) is 13.3 Å². The third-order valence-electron chi connectivity index (χ3n) is 1.29. The molecule has 0 fully saturated rings. The highest BCUT2D eigenvalue weighted by molar-refractivity contribution is 5.92. The van der Waals surface area contributed by atoms with Crippen molar-refractivity contribution in [3.8, 4) is 0 Å². The number of aliphatic carboxylic acids is 1. The van der Waals surface area contributed by atoms with Crippen LogP contribution in [0.4, 0.5) is 4.79 Å². The number of rotatable bonds is 3. The van der Waals surface area contributed by atoms with E-state index in [1.165, 1.54) is 7.11 Å². The summed E-state index contributed by atoms with van der Waals surface area (Å²) in [6.45, 7) is 1.70. The second-order valence-electron chi connectivity index (χ2n) is 2.10. The fraction of sp³-hybridized carbons (Fsp3) is 0.571. The van der Waals surface area contributed by atoms with Crippen LogP contribution >= 0.6 is 0 Å². The maximum Gasteiger partial charge on any atom is 0.432 e. The number of hydrogen-bond donors (Lipinski definition) is 1. The molecule has 0 aromatic carbocycles. The average molecular weight is 173 g/mol. The molecule has 12 heavy (non-hydrogen) atoms. The van der Waals surface area contributed by atoms with Crippen LogP contribution < -0.4 is 0 Å². The van der Waals surface area contributed by atoms with E-state index < -0.39 is 18.0 Å². The van der Waals surface area contributed by atoms with Gasteiger partial charge in [0.1, 0.15) is 0 Å². The first-order chi connectivity index (χ1) is 5.61. The molecule has 0 aliphatic heterocycles. The number of ether oxygens (including phenoxy) is 1. The van der Waals surface area contributed by atoms with E-state index in [0.29, 0.717) is 6.42 Å². The highest BCUT2D eigenvalue weighted by atomic mass is 16.5. The van der Waals surface area contributed by atoms with Gasteiger partial charge < -0.3 is 9.84 Å². The quantitative estimate of drug-likeness (QED) is 0.644. The zero-order valence-corrected chi connectivity index (χ0v) is 6.98. The number of carboxylic acids is 1. The van der Waals surface area contributed by atoms with Crippen molar-refractivity contribution in [3.63, 3.8) is 0 Å². The third-order valence-corrected chi connectivity index (χ3v) is 1.29. The molecule has 0 saturated carbocycles. The van der Waals surface area contributed by atoms with Gasteiger partial charge in [0.05, 0.1) is 13.0 Å². The van der Waals surface area contributed by atoms with Gasteiger partial charge in [0, 0.05) is 6.21 Å². The van der Waals surface area contributed by atoms with Crippen molar-refractivity contribution < 1.29 is 19.4 Å². The zero-order chi connectivity index (χ0) is 9.56. The average Bonchev–Trinajstić information content (AvgIpc) is 2.04. The molecule has 0 radical (unpaired) electrons. The Labute approximate surface area is 70.1 Å². The van der Waals surface area contributed by atoms with Crippen LogP contribution in [0, 0.1) is 5.92 Å². The van der Waals surface area contributed by atoms with Crippen molar-refractivity contribution in [2.75, 3.05) is 7.11 Å². The predicted molar refractivity (Wildman–Crippen MR) is 42.3 cm³/mol. The number of carboxylic acid groups (broad SMARTS) is 1. The minimum atomic E-state index is -0.995. The Balaban J connectivity index is 4.10. The lowest BCUT2D eigenvalue weighted by Crippen LogP contribution is -2.14. The lowest BCUT2D eigenvalue weighted by atomic mass is 10.1. The van der Waals surface area contributed by atoms with Gasteiger partial charge in [0.15, 0.2) is 0 Å². The summed E-state index contributed by atoms with van der Waals surface area (Å²) in [6.07, 6.45) is 0.693. The minimum Gasteiger partial charge on any atom is -0.481 e. The Hall–Kier alpha value is -1.39. The molecule has 0 heterocycles. The molecule has 1 unspecified atom stereocenters. The Bertz CT molecular complexity index is 200. The number of carbonyl (C=O) groups excluding carboxylic acids is 1. The molecule has 0 spiro atoms. The van der Waals surface area contributed by atoms with Gasteiger partial charge in [-0.25, -0.2) is 4.79 Å². The molecule has 68 valence electrons. The molecule has 5 nitrogen and oxygen atoms in total. The maximum absolute atomic E-state index is 10.4. The van der Waals surface area contributed by atoms with Crippen LogP contribution in [0.5, 0.6) is 0 Å². The summed E-state index contributed by atoms with van der Waals surface area (Å²) < 4.78 is 4.20. The van der Waals surface area contributed by atoms with Gasteiger partial charge in [-0.1, -0.05) is 6.92 Å². The molecule has 0 aliphatic carbocycles. The van der Waals surface area contributed by atoms with E-state index in [4.69, 9.17) is 5.11 Å². The van der Waals surface area contributed by atoms with Crippen LogP contribution in [-0.2, 0) is 9.53 Å². The minimum absolute atomic E-state index is 0.399. The second-order valence-corrected chi connectivity index (χ2v) is 2.10. The zero-order valence-electron chi connectivity index (χ0n) is 6.98. The molecule has 5 heteroatoms. The number of nitrogens with zero attached hydrogens (tertiary/aromatic N) is 1. The van der Waals surface area contributed by atoms with Crippen LogP contribution in [0.3, 0.4) is 0 Å². The summed E-state index contributed by atoms with van der Waals surface area (Å²) in [5.41, 5.74) is 0. The summed E-state index contributed by atoms with van der Waals surface area (Å²) in [5.74, 6) is -1.71. The van der Waals surface area contributed by atoms with E-state index in [9.17, 15) is 9.59 Å². The van der Waals surface area contributed by atoms with E-state index in [1.54, 1.807) is 6.92 Å². The Morgan fingerprint density at radius 1 is 1.67 bits per heavy atom. The van der Waals surface area contributed by atoms with Gasteiger partial charge in [-0.05, 0) is 6.42 Å². The van der Waals surface area contributed by atoms with Gasteiger partial charge in [-0.15, -0.1) is 0 Å². The number of carbonyl (C=O) groups is 2. The molecule has 0 aliphatic rings. The van der Waals surface area contributed by atoms with E-state index in [0.717, 1.165) is 6.21 Å². The summed E-state index contributed by atoms with van der Waals surface area (Å²) in [5, 5.41) is 8.52. The van der Waals surface area contributed by atoms with Gasteiger partial charge >= 0.3 is 12.1 Å². The van der Waals surface area contributed by atoms with Crippen LogP contribution in [0.15, 0.2) is 4.99 Å². The fourth-order valence-electron chi connectivity index (χ4n) is 0.547. The van der Waals surface area contributed by atoms with Crippen LogP contribution in [-0.4, -0.2) is 30.5 Å². The molecular formula is C7H11NO4. The van der Waals surface area contributed by atoms with Crippen molar-refractivity contribution in [3.05, 3.63) is 0 Å². The predicted octanol–water partition coefficient (Wildman–Crippen LogP) is 0.934. The van der Waals surface area contributed by atoms with Crippen molar-refractivity contribution in [2.45, 2.75) is 13.3 Å². The van der Waals surface area contributed by atoms with Crippen LogP contribution in [0.25, 0.3) is 0 Å². The van der Waals surface area contributed by atoms with E-state index in [1.807, 2.05) is 0 Å². The first-order valence-electron chi connectivity index (χ1n) is 3.46. The van der Waals surface area contributed by atoms with Crippen molar-refractivity contribution in [2.24, 2.45) is 10.9 Å². The molecule has 0 saturated heterocycles. The summed E-state index contributed by atoms with van der Waals surface area (Å²) in [4.78, 5) is 24.1. The monoisotopic (exact) mass is 173 g/mol. The van der Waals surface area contributed by atoms with Gasteiger partial charge in [0.25, 0.3) is 0 Å². The second kappa shape index (κ2) is 5.29. The standard InChI is InChI=1S/C7H11NO4/c1-3-5(6(9)10)4-8-7(11)12-2/h4-5H,3H2,1-2H3,(H,9,10)/b8-4+. The summed E-state index contributed by atoms with van der Waals surface area (Å²) >= 11 is 0. The SMILES string of the molecule is CCC(/C=N/C(=O)OC)C(=O)O. The lowest BCUT2D eigenvalue weighted by Gasteiger charge is -2.00. The maximum atomic E-state index is 10.4. The normalized spacial score (nSPS) is 12.8. The Kier molecular flexibility index (Phi) is 4.67. The number of amides is 1. The fourth-order valence-corrected chi connectivity index (χ4v) is 0.547. The van der Waals surface area contributed by atoms with E-state index >= 15 is 0 Å². The molecule has 1 N–H and O–H groups in total. The largest absolute Gasteiger partial charge is 0.481 e. The lowest BCUT2D eigenvalue weighted by molar-refractivity contribution is -0.139. The highest BCUT2D eigenvalue weighted by Crippen LogP contribution is 1.98. The molecule has 0 aromatic heterocycles. The molecule has 1 atom stereocenters. The first kappa shape index (κ1) is 10.6. The van der Waals surface area contributed by atoms with E-state index in [2.05, 4.69) is 9.73 Å². The Morgan fingerprint density at radius 2 is 2.25 bits per heavy atom. The number of aliphatic imine (C=N–C) groups is 1. The molecule has 1 amide bonds. The Morgan fingerprint density at radius 3 is 2.58 bits per heavy atom.